The highest BCUT2D eigenvalue weighted by Crippen LogP contribution is 2.21. The lowest BCUT2D eigenvalue weighted by atomic mass is 10.1. The largest absolute Gasteiger partial charge is 0.364 e. The number of aryl methyl sites for hydroxylation is 2. The molecule has 3 heteroatoms. The second-order valence-corrected chi connectivity index (χ2v) is 3.00. The van der Waals surface area contributed by atoms with Crippen LogP contribution < -0.4 is 0 Å². The lowest BCUT2D eigenvalue weighted by Gasteiger charge is -2.01. The maximum Gasteiger partial charge on any atom is 0.131 e. The highest BCUT2D eigenvalue weighted by molar-refractivity contribution is 5.63. The molecule has 0 fully saturated rings. The van der Waals surface area contributed by atoms with E-state index < -0.39 is 0 Å². The van der Waals surface area contributed by atoms with E-state index in [9.17, 15) is 0 Å². The summed E-state index contributed by atoms with van der Waals surface area (Å²) in [6, 6.07) is 4.01. The molecule has 0 bridgehead atoms. The minimum absolute atomic E-state index is 0.977. The summed E-state index contributed by atoms with van der Waals surface area (Å²) in [5.74, 6) is 0. The molecule has 0 aliphatic carbocycles. The van der Waals surface area contributed by atoms with E-state index in [0.717, 1.165) is 22.5 Å². The first-order valence-electron chi connectivity index (χ1n) is 4.11. The van der Waals surface area contributed by atoms with Gasteiger partial charge in [0.15, 0.2) is 0 Å². The van der Waals surface area contributed by atoms with Gasteiger partial charge in [-0.05, 0) is 19.9 Å². The van der Waals surface area contributed by atoms with Crippen LogP contribution in [0.5, 0.6) is 0 Å². The van der Waals surface area contributed by atoms with Crippen molar-refractivity contribution in [2.45, 2.75) is 13.8 Å². The normalized spacial score (nSPS) is 10.3. The molecule has 0 N–H and O–H groups in total. The van der Waals surface area contributed by atoms with Crippen LogP contribution in [0.15, 0.2) is 29.1 Å². The standard InChI is InChI=1S/C10H10N2O/c1-7-3-4-10(8(2)12-7)9-5-11-13-6-9/h3-6H,1-2H3. The summed E-state index contributed by atoms with van der Waals surface area (Å²) in [6.45, 7) is 3.96. The Morgan fingerprint density at radius 3 is 2.69 bits per heavy atom. The van der Waals surface area contributed by atoms with Gasteiger partial charge < -0.3 is 4.52 Å². The Hall–Kier alpha value is -1.64. The number of aromatic nitrogens is 2. The summed E-state index contributed by atoms with van der Waals surface area (Å²) in [5.41, 5.74) is 4.08. The molecule has 2 rings (SSSR count). The number of pyridine rings is 1. The lowest BCUT2D eigenvalue weighted by Crippen LogP contribution is -1.88. The highest BCUT2D eigenvalue weighted by atomic mass is 16.5. The van der Waals surface area contributed by atoms with Gasteiger partial charge in [-0.1, -0.05) is 11.2 Å². The van der Waals surface area contributed by atoms with Crippen LogP contribution in [0.25, 0.3) is 11.1 Å². The molecule has 2 aromatic rings. The van der Waals surface area contributed by atoms with Crippen molar-refractivity contribution in [2.24, 2.45) is 0 Å². The quantitative estimate of drug-likeness (QED) is 0.666. The Morgan fingerprint density at radius 2 is 2.08 bits per heavy atom. The molecule has 0 aliphatic rings. The Morgan fingerprint density at radius 1 is 1.23 bits per heavy atom. The molecule has 2 heterocycles. The van der Waals surface area contributed by atoms with Gasteiger partial charge in [0.25, 0.3) is 0 Å². The van der Waals surface area contributed by atoms with Gasteiger partial charge in [-0.25, -0.2) is 0 Å². The molecule has 0 spiro atoms. The smallest absolute Gasteiger partial charge is 0.131 e. The van der Waals surface area contributed by atoms with Gasteiger partial charge in [-0.2, -0.15) is 0 Å². The monoisotopic (exact) mass is 174 g/mol. The summed E-state index contributed by atoms with van der Waals surface area (Å²) >= 11 is 0. The second-order valence-electron chi connectivity index (χ2n) is 3.00. The van der Waals surface area contributed by atoms with Crippen LogP contribution >= 0.6 is 0 Å². The van der Waals surface area contributed by atoms with E-state index in [1.165, 1.54) is 0 Å². The molecule has 0 aliphatic heterocycles. The van der Waals surface area contributed by atoms with E-state index in [4.69, 9.17) is 4.52 Å². The molecule has 66 valence electrons. The first-order chi connectivity index (χ1) is 6.27. The summed E-state index contributed by atoms with van der Waals surface area (Å²) in [7, 11) is 0. The van der Waals surface area contributed by atoms with Gasteiger partial charge in [-0.15, -0.1) is 0 Å². The molecular formula is C10H10N2O. The van der Waals surface area contributed by atoms with E-state index in [1.54, 1.807) is 12.5 Å². The van der Waals surface area contributed by atoms with E-state index in [2.05, 4.69) is 10.1 Å². The van der Waals surface area contributed by atoms with Crippen LogP contribution in [0.2, 0.25) is 0 Å². The average Bonchev–Trinajstić information content (AvgIpc) is 2.56. The van der Waals surface area contributed by atoms with Gasteiger partial charge in [0, 0.05) is 22.5 Å². The minimum atomic E-state index is 0.977. The third-order valence-corrected chi connectivity index (χ3v) is 1.97. The fourth-order valence-electron chi connectivity index (χ4n) is 1.33. The predicted octanol–water partition coefficient (Wildman–Crippen LogP) is 2.35. The fourth-order valence-corrected chi connectivity index (χ4v) is 1.33. The lowest BCUT2D eigenvalue weighted by molar-refractivity contribution is 0.420. The SMILES string of the molecule is Cc1ccc(-c2cnoc2)c(C)n1. The Kier molecular flexibility index (Phi) is 1.85. The van der Waals surface area contributed by atoms with Gasteiger partial charge >= 0.3 is 0 Å². The summed E-state index contributed by atoms with van der Waals surface area (Å²) < 4.78 is 4.78. The summed E-state index contributed by atoms with van der Waals surface area (Å²) in [6.07, 6.45) is 3.32. The molecular weight excluding hydrogens is 164 g/mol. The molecule has 0 radical (unpaired) electrons. The molecule has 2 aromatic heterocycles. The van der Waals surface area contributed by atoms with Crippen LogP contribution in [-0.2, 0) is 0 Å². The zero-order valence-corrected chi connectivity index (χ0v) is 7.61. The van der Waals surface area contributed by atoms with Gasteiger partial charge in [0.2, 0.25) is 0 Å². The summed E-state index contributed by atoms with van der Waals surface area (Å²) in [5, 5.41) is 3.66. The Bertz CT molecular complexity index is 407. The molecule has 0 unspecified atom stereocenters. The molecule has 0 atom stereocenters. The summed E-state index contributed by atoms with van der Waals surface area (Å²) in [4.78, 5) is 4.36. The average molecular weight is 174 g/mol. The number of nitrogens with zero attached hydrogens (tertiary/aromatic N) is 2. The molecule has 0 saturated heterocycles. The van der Waals surface area contributed by atoms with Crippen molar-refractivity contribution in [1.82, 2.24) is 10.1 Å². The second kappa shape index (κ2) is 3.01. The van der Waals surface area contributed by atoms with Crippen LogP contribution in [0, 0.1) is 13.8 Å². The predicted molar refractivity (Wildman–Crippen MR) is 49.2 cm³/mol. The van der Waals surface area contributed by atoms with E-state index in [1.807, 2.05) is 26.0 Å². The van der Waals surface area contributed by atoms with E-state index in [-0.39, 0.29) is 0 Å². The first-order valence-corrected chi connectivity index (χ1v) is 4.11. The van der Waals surface area contributed by atoms with Crippen molar-refractivity contribution < 1.29 is 4.52 Å². The van der Waals surface area contributed by atoms with E-state index in [0.29, 0.717) is 0 Å². The van der Waals surface area contributed by atoms with Crippen molar-refractivity contribution in [1.29, 1.82) is 0 Å². The first kappa shape index (κ1) is 7.98. The maximum absolute atomic E-state index is 4.78. The third-order valence-electron chi connectivity index (χ3n) is 1.97. The van der Waals surface area contributed by atoms with Crippen LogP contribution in [0.1, 0.15) is 11.4 Å². The van der Waals surface area contributed by atoms with Crippen molar-refractivity contribution in [3.8, 4) is 11.1 Å². The highest BCUT2D eigenvalue weighted by Gasteiger charge is 2.04. The van der Waals surface area contributed by atoms with Crippen molar-refractivity contribution in [3.63, 3.8) is 0 Å². The van der Waals surface area contributed by atoms with Gasteiger partial charge in [-0.3, -0.25) is 4.98 Å². The van der Waals surface area contributed by atoms with Gasteiger partial charge in [0.1, 0.15) is 6.26 Å². The van der Waals surface area contributed by atoms with Crippen molar-refractivity contribution in [2.75, 3.05) is 0 Å². The van der Waals surface area contributed by atoms with Crippen LogP contribution in [-0.4, -0.2) is 10.1 Å². The zero-order chi connectivity index (χ0) is 9.26. The Labute approximate surface area is 76.4 Å². The molecule has 3 nitrogen and oxygen atoms in total. The number of hydrogen-bond donors (Lipinski definition) is 0. The number of hydrogen-bond acceptors (Lipinski definition) is 3. The van der Waals surface area contributed by atoms with Crippen molar-refractivity contribution >= 4 is 0 Å². The van der Waals surface area contributed by atoms with Crippen LogP contribution in [0.3, 0.4) is 0 Å². The number of rotatable bonds is 1. The molecule has 0 amide bonds. The molecule has 0 aromatic carbocycles. The Balaban J connectivity index is 2.53. The minimum Gasteiger partial charge on any atom is -0.364 e. The van der Waals surface area contributed by atoms with Gasteiger partial charge in [0.05, 0.1) is 6.20 Å². The molecule has 13 heavy (non-hydrogen) atoms. The van der Waals surface area contributed by atoms with Crippen molar-refractivity contribution in [3.05, 3.63) is 36.0 Å². The zero-order valence-electron chi connectivity index (χ0n) is 7.61. The fraction of sp³-hybridized carbons (Fsp3) is 0.200. The topological polar surface area (TPSA) is 38.9 Å². The van der Waals surface area contributed by atoms with Crippen LogP contribution in [0.4, 0.5) is 0 Å². The maximum atomic E-state index is 4.78. The molecule has 0 saturated carbocycles. The van der Waals surface area contributed by atoms with E-state index >= 15 is 0 Å². The third kappa shape index (κ3) is 1.45.